The molecule has 2 aromatic carbocycles. The molecular weight excluding hydrogens is 311 g/mol. The molecular formula is C14H10Cl2N4O. The Hall–Kier alpha value is -2.11. The molecule has 0 aliphatic heterocycles. The van der Waals surface area contributed by atoms with E-state index in [1.165, 1.54) is 4.68 Å². The van der Waals surface area contributed by atoms with Crippen LogP contribution < -0.4 is 5.32 Å². The molecule has 3 rings (SSSR count). The number of fused-ring (bicyclic) bond motifs is 1. The lowest BCUT2D eigenvalue weighted by atomic mass is 10.2. The number of halogens is 2. The first-order valence-electron chi connectivity index (χ1n) is 6.17. The minimum Gasteiger partial charge on any atom is -0.332 e. The Labute approximate surface area is 130 Å². The highest BCUT2D eigenvalue weighted by Crippen LogP contribution is 2.16. The van der Waals surface area contributed by atoms with Gasteiger partial charge in [0.1, 0.15) is 5.52 Å². The van der Waals surface area contributed by atoms with Gasteiger partial charge in [0.15, 0.2) is 0 Å². The number of carbonyl (C=O) groups is 1. The topological polar surface area (TPSA) is 59.8 Å². The molecule has 1 heterocycles. The number of nitrogens with zero attached hydrogens (tertiary/aromatic N) is 3. The van der Waals surface area contributed by atoms with Crippen molar-refractivity contribution >= 4 is 40.3 Å². The number of rotatable bonds is 2. The van der Waals surface area contributed by atoms with Crippen LogP contribution >= 0.6 is 23.2 Å². The smallest absolute Gasteiger partial charge is 0.332 e. The van der Waals surface area contributed by atoms with Gasteiger partial charge in [-0.05, 0) is 35.9 Å². The van der Waals surface area contributed by atoms with E-state index >= 15 is 0 Å². The van der Waals surface area contributed by atoms with Gasteiger partial charge in [0.05, 0.1) is 5.52 Å². The predicted molar refractivity (Wildman–Crippen MR) is 81.6 cm³/mol. The molecule has 0 saturated heterocycles. The molecule has 0 unspecified atom stereocenters. The zero-order chi connectivity index (χ0) is 14.8. The summed E-state index contributed by atoms with van der Waals surface area (Å²) in [7, 11) is 0. The Bertz CT molecular complexity index is 816. The van der Waals surface area contributed by atoms with E-state index in [4.69, 9.17) is 23.2 Å². The maximum Gasteiger partial charge on any atom is 0.344 e. The number of amides is 1. The molecule has 0 fully saturated rings. The Morgan fingerprint density at radius 1 is 1.14 bits per heavy atom. The van der Waals surface area contributed by atoms with Crippen molar-refractivity contribution < 1.29 is 4.79 Å². The van der Waals surface area contributed by atoms with Gasteiger partial charge in [-0.2, -0.15) is 4.68 Å². The van der Waals surface area contributed by atoms with E-state index in [2.05, 4.69) is 15.6 Å². The number of aromatic nitrogens is 3. The van der Waals surface area contributed by atoms with Gasteiger partial charge in [-0.25, -0.2) is 4.79 Å². The second-order valence-corrected chi connectivity index (χ2v) is 5.30. The van der Waals surface area contributed by atoms with Gasteiger partial charge in [-0.15, -0.1) is 5.10 Å². The van der Waals surface area contributed by atoms with Crippen LogP contribution in [0.25, 0.3) is 11.0 Å². The van der Waals surface area contributed by atoms with E-state index in [0.29, 0.717) is 27.6 Å². The molecule has 0 saturated carbocycles. The van der Waals surface area contributed by atoms with Crippen molar-refractivity contribution in [3.63, 3.8) is 0 Å². The molecule has 5 nitrogen and oxygen atoms in total. The lowest BCUT2D eigenvalue weighted by molar-refractivity contribution is 0.239. The molecule has 7 heteroatoms. The van der Waals surface area contributed by atoms with E-state index in [1.807, 2.05) is 12.1 Å². The van der Waals surface area contributed by atoms with Crippen molar-refractivity contribution in [2.75, 3.05) is 0 Å². The summed E-state index contributed by atoms with van der Waals surface area (Å²) in [4.78, 5) is 12.1. The maximum absolute atomic E-state index is 12.1. The summed E-state index contributed by atoms with van der Waals surface area (Å²) in [5.74, 6) is 0. The van der Waals surface area contributed by atoms with Crippen LogP contribution in [0, 0.1) is 0 Å². The van der Waals surface area contributed by atoms with Crippen LogP contribution in [0.5, 0.6) is 0 Å². The molecule has 0 spiro atoms. The fraction of sp³-hybridized carbons (Fsp3) is 0.0714. The van der Waals surface area contributed by atoms with Crippen molar-refractivity contribution in [1.29, 1.82) is 0 Å². The lowest BCUT2D eigenvalue weighted by Gasteiger charge is -2.05. The van der Waals surface area contributed by atoms with Crippen molar-refractivity contribution in [2.45, 2.75) is 6.54 Å². The number of benzene rings is 2. The standard InChI is InChI=1S/C14H10Cl2N4O/c15-10-3-1-2-9(6-10)8-17-14(21)20-13-5-4-11(16)7-12(13)18-19-20/h1-7H,8H2,(H,17,21). The highest BCUT2D eigenvalue weighted by Gasteiger charge is 2.11. The van der Waals surface area contributed by atoms with Crippen LogP contribution in [0.3, 0.4) is 0 Å². The highest BCUT2D eigenvalue weighted by atomic mass is 35.5. The van der Waals surface area contributed by atoms with Gasteiger partial charge < -0.3 is 5.32 Å². The number of nitrogens with one attached hydrogen (secondary N) is 1. The van der Waals surface area contributed by atoms with Crippen LogP contribution in [-0.2, 0) is 6.54 Å². The Balaban J connectivity index is 1.78. The van der Waals surface area contributed by atoms with E-state index < -0.39 is 0 Å². The van der Waals surface area contributed by atoms with E-state index in [1.54, 1.807) is 30.3 Å². The highest BCUT2D eigenvalue weighted by molar-refractivity contribution is 6.31. The van der Waals surface area contributed by atoms with E-state index in [-0.39, 0.29) is 6.03 Å². The molecule has 0 aliphatic carbocycles. The lowest BCUT2D eigenvalue weighted by Crippen LogP contribution is -2.28. The van der Waals surface area contributed by atoms with E-state index in [0.717, 1.165) is 5.56 Å². The molecule has 1 N–H and O–H groups in total. The second-order valence-electron chi connectivity index (χ2n) is 4.42. The number of hydrogen-bond donors (Lipinski definition) is 1. The van der Waals surface area contributed by atoms with Gasteiger partial charge in [-0.1, -0.05) is 40.5 Å². The summed E-state index contributed by atoms with van der Waals surface area (Å²) in [6.45, 7) is 0.355. The average Bonchev–Trinajstić information content (AvgIpc) is 2.88. The molecule has 106 valence electrons. The summed E-state index contributed by atoms with van der Waals surface area (Å²) in [6.07, 6.45) is 0. The Kier molecular flexibility index (Phi) is 3.77. The third-order valence-electron chi connectivity index (χ3n) is 2.93. The normalized spacial score (nSPS) is 10.8. The van der Waals surface area contributed by atoms with Crippen LogP contribution in [0.2, 0.25) is 10.0 Å². The van der Waals surface area contributed by atoms with Gasteiger partial charge in [0.2, 0.25) is 0 Å². The fourth-order valence-corrected chi connectivity index (χ4v) is 2.33. The van der Waals surface area contributed by atoms with Crippen molar-refractivity contribution in [2.24, 2.45) is 0 Å². The number of carbonyl (C=O) groups excluding carboxylic acids is 1. The molecule has 1 aromatic heterocycles. The molecule has 21 heavy (non-hydrogen) atoms. The average molecular weight is 321 g/mol. The third kappa shape index (κ3) is 2.99. The second kappa shape index (κ2) is 5.71. The molecule has 3 aromatic rings. The summed E-state index contributed by atoms with van der Waals surface area (Å²) in [5, 5.41) is 11.7. The summed E-state index contributed by atoms with van der Waals surface area (Å²) in [5.41, 5.74) is 2.08. The van der Waals surface area contributed by atoms with Gasteiger partial charge >= 0.3 is 6.03 Å². The predicted octanol–water partition coefficient (Wildman–Crippen LogP) is 3.50. The first kappa shape index (κ1) is 13.9. The fourth-order valence-electron chi connectivity index (χ4n) is 1.95. The van der Waals surface area contributed by atoms with Gasteiger partial charge in [0, 0.05) is 16.6 Å². The SMILES string of the molecule is O=C(NCc1cccc(Cl)c1)n1nnc2cc(Cl)ccc21. The van der Waals surface area contributed by atoms with Crippen LogP contribution in [0.15, 0.2) is 42.5 Å². The van der Waals surface area contributed by atoms with Crippen molar-refractivity contribution in [1.82, 2.24) is 20.3 Å². The molecule has 0 radical (unpaired) electrons. The summed E-state index contributed by atoms with van der Waals surface area (Å²) in [6, 6.07) is 12.0. The minimum atomic E-state index is -0.361. The summed E-state index contributed by atoms with van der Waals surface area (Å²) >= 11 is 11.8. The number of hydrogen-bond acceptors (Lipinski definition) is 3. The van der Waals surface area contributed by atoms with Crippen LogP contribution in [-0.4, -0.2) is 21.0 Å². The van der Waals surface area contributed by atoms with Crippen molar-refractivity contribution in [3.05, 3.63) is 58.1 Å². The largest absolute Gasteiger partial charge is 0.344 e. The van der Waals surface area contributed by atoms with Gasteiger partial charge in [-0.3, -0.25) is 0 Å². The third-order valence-corrected chi connectivity index (χ3v) is 3.40. The first-order chi connectivity index (χ1) is 10.1. The molecule has 0 bridgehead atoms. The Morgan fingerprint density at radius 2 is 1.95 bits per heavy atom. The molecule has 0 aliphatic rings. The summed E-state index contributed by atoms with van der Waals surface area (Å²) < 4.78 is 1.20. The molecule has 0 atom stereocenters. The molecule has 1 amide bonds. The van der Waals surface area contributed by atoms with Crippen molar-refractivity contribution in [3.8, 4) is 0 Å². The first-order valence-corrected chi connectivity index (χ1v) is 6.93. The zero-order valence-corrected chi connectivity index (χ0v) is 12.3. The van der Waals surface area contributed by atoms with Crippen LogP contribution in [0.1, 0.15) is 5.56 Å². The Morgan fingerprint density at radius 3 is 2.76 bits per heavy atom. The monoisotopic (exact) mass is 320 g/mol. The maximum atomic E-state index is 12.1. The zero-order valence-electron chi connectivity index (χ0n) is 10.8. The van der Waals surface area contributed by atoms with Crippen LogP contribution in [0.4, 0.5) is 4.79 Å². The van der Waals surface area contributed by atoms with E-state index in [9.17, 15) is 4.79 Å². The van der Waals surface area contributed by atoms with Gasteiger partial charge in [0.25, 0.3) is 0 Å². The minimum absolute atomic E-state index is 0.355. The quantitative estimate of drug-likeness (QED) is 0.786.